The molecule has 0 saturated carbocycles. The summed E-state index contributed by atoms with van der Waals surface area (Å²) >= 11 is 11.4. The Morgan fingerprint density at radius 2 is 1.87 bits per heavy atom. The van der Waals surface area contributed by atoms with Crippen LogP contribution >= 0.6 is 23.8 Å². The van der Waals surface area contributed by atoms with Crippen LogP contribution in [0.1, 0.15) is 5.56 Å². The summed E-state index contributed by atoms with van der Waals surface area (Å²) in [7, 11) is 1.55. The lowest BCUT2D eigenvalue weighted by molar-refractivity contribution is -0.113. The van der Waals surface area contributed by atoms with Gasteiger partial charge in [-0.2, -0.15) is 0 Å². The molecule has 116 valence electrons. The fourth-order valence-corrected chi connectivity index (χ4v) is 2.80. The second kappa shape index (κ2) is 6.40. The lowest BCUT2D eigenvalue weighted by atomic mass is 10.2. The molecule has 2 aromatic rings. The number of nitrogens with one attached hydrogen (secondary N) is 1. The highest BCUT2D eigenvalue weighted by atomic mass is 35.5. The highest BCUT2D eigenvalue weighted by Crippen LogP contribution is 2.31. The minimum atomic E-state index is -0.251. The van der Waals surface area contributed by atoms with Crippen LogP contribution < -0.4 is 15.0 Å². The number of nitrogens with zero attached hydrogens (tertiary/aromatic N) is 1. The molecule has 23 heavy (non-hydrogen) atoms. The minimum absolute atomic E-state index is 0.251. The van der Waals surface area contributed by atoms with E-state index in [9.17, 15) is 4.79 Å². The number of para-hydroxylation sites is 2. The van der Waals surface area contributed by atoms with Crippen LogP contribution in [-0.2, 0) is 4.79 Å². The molecular weight excluding hydrogens is 332 g/mol. The number of rotatable bonds is 3. The average molecular weight is 345 g/mol. The van der Waals surface area contributed by atoms with Crippen molar-refractivity contribution >= 4 is 46.6 Å². The molecule has 4 nitrogen and oxygen atoms in total. The van der Waals surface area contributed by atoms with Crippen LogP contribution in [0.15, 0.2) is 54.2 Å². The van der Waals surface area contributed by atoms with Gasteiger partial charge in [-0.3, -0.25) is 4.79 Å². The molecule has 0 aliphatic carbocycles. The standard InChI is InChI=1S/C17H13ClN2O2S/c1-22-15-9-5-4-8-14(15)20-16(21)13(19-17(20)23)10-11-6-2-3-7-12(11)18/h2-10H,1H3,(H,19,23)/b13-10-. The van der Waals surface area contributed by atoms with Crippen molar-refractivity contribution in [2.75, 3.05) is 12.0 Å². The van der Waals surface area contributed by atoms with Gasteiger partial charge >= 0.3 is 0 Å². The summed E-state index contributed by atoms with van der Waals surface area (Å²) < 4.78 is 5.31. The molecule has 1 heterocycles. The van der Waals surface area contributed by atoms with E-state index in [1.807, 2.05) is 30.3 Å². The average Bonchev–Trinajstić information content (AvgIpc) is 2.83. The third-order valence-corrected chi connectivity index (χ3v) is 4.04. The van der Waals surface area contributed by atoms with Crippen LogP contribution in [-0.4, -0.2) is 18.1 Å². The number of benzene rings is 2. The van der Waals surface area contributed by atoms with Crippen LogP contribution in [0.5, 0.6) is 5.75 Å². The van der Waals surface area contributed by atoms with Gasteiger partial charge in [-0.05, 0) is 42.1 Å². The van der Waals surface area contributed by atoms with E-state index in [1.54, 1.807) is 31.4 Å². The molecule has 1 aliphatic rings. The first-order valence-corrected chi connectivity index (χ1v) is 7.65. The third kappa shape index (κ3) is 2.93. The number of thiocarbonyl (C=S) groups is 1. The highest BCUT2D eigenvalue weighted by molar-refractivity contribution is 7.80. The SMILES string of the molecule is COc1ccccc1N1C(=O)/C(=C/c2ccccc2Cl)NC1=S. The van der Waals surface area contributed by atoms with Gasteiger partial charge in [0.1, 0.15) is 11.4 Å². The van der Waals surface area contributed by atoms with Crippen LogP contribution in [0.3, 0.4) is 0 Å². The summed E-state index contributed by atoms with van der Waals surface area (Å²) in [6.45, 7) is 0. The zero-order chi connectivity index (χ0) is 16.4. The molecule has 0 aromatic heterocycles. The van der Waals surface area contributed by atoms with Gasteiger partial charge in [0.2, 0.25) is 0 Å². The summed E-state index contributed by atoms with van der Waals surface area (Å²) in [5, 5.41) is 3.80. The number of anilines is 1. The van der Waals surface area contributed by atoms with Gasteiger partial charge in [0, 0.05) is 5.02 Å². The number of amides is 1. The Labute approximate surface area is 144 Å². The van der Waals surface area contributed by atoms with Crippen molar-refractivity contribution < 1.29 is 9.53 Å². The lowest BCUT2D eigenvalue weighted by Gasteiger charge is -2.17. The van der Waals surface area contributed by atoms with Gasteiger partial charge in [-0.1, -0.05) is 41.9 Å². The van der Waals surface area contributed by atoms with Crippen LogP contribution in [0.2, 0.25) is 5.02 Å². The van der Waals surface area contributed by atoms with E-state index in [2.05, 4.69) is 5.32 Å². The topological polar surface area (TPSA) is 41.6 Å². The molecule has 6 heteroatoms. The lowest BCUT2D eigenvalue weighted by Crippen LogP contribution is -2.30. The Kier molecular flexibility index (Phi) is 4.32. The van der Waals surface area contributed by atoms with Crippen molar-refractivity contribution in [1.29, 1.82) is 0 Å². The molecule has 0 unspecified atom stereocenters. The molecule has 1 amide bonds. The van der Waals surface area contributed by atoms with Gasteiger partial charge < -0.3 is 10.1 Å². The van der Waals surface area contributed by atoms with Gasteiger partial charge in [0.05, 0.1) is 12.8 Å². The van der Waals surface area contributed by atoms with Crippen molar-refractivity contribution in [3.63, 3.8) is 0 Å². The van der Waals surface area contributed by atoms with E-state index in [1.165, 1.54) is 4.90 Å². The van der Waals surface area contributed by atoms with Crippen molar-refractivity contribution in [1.82, 2.24) is 5.32 Å². The summed E-state index contributed by atoms with van der Waals surface area (Å²) in [6.07, 6.45) is 1.69. The second-order valence-corrected chi connectivity index (χ2v) is 5.62. The fourth-order valence-electron chi connectivity index (χ4n) is 2.32. The zero-order valence-corrected chi connectivity index (χ0v) is 13.8. The molecule has 0 bridgehead atoms. The maximum absolute atomic E-state index is 12.7. The van der Waals surface area contributed by atoms with E-state index in [-0.39, 0.29) is 5.91 Å². The van der Waals surface area contributed by atoms with Crippen molar-refractivity contribution in [2.24, 2.45) is 0 Å². The van der Waals surface area contributed by atoms with Crippen LogP contribution in [0.4, 0.5) is 5.69 Å². The number of hydrogen-bond acceptors (Lipinski definition) is 3. The Bertz CT molecular complexity index is 820. The number of methoxy groups -OCH3 is 1. The Balaban J connectivity index is 1.99. The van der Waals surface area contributed by atoms with Crippen molar-refractivity contribution in [3.05, 3.63) is 64.8 Å². The maximum atomic E-state index is 12.7. The second-order valence-electron chi connectivity index (χ2n) is 4.82. The van der Waals surface area contributed by atoms with Crippen LogP contribution in [0.25, 0.3) is 6.08 Å². The van der Waals surface area contributed by atoms with Crippen LogP contribution in [0, 0.1) is 0 Å². The highest BCUT2D eigenvalue weighted by Gasteiger charge is 2.33. The molecule has 0 spiro atoms. The van der Waals surface area contributed by atoms with Gasteiger partial charge in [-0.15, -0.1) is 0 Å². The Morgan fingerprint density at radius 3 is 2.61 bits per heavy atom. The van der Waals surface area contributed by atoms with E-state index in [0.717, 1.165) is 5.56 Å². The number of hydrogen-bond donors (Lipinski definition) is 1. The molecule has 1 fully saturated rings. The fraction of sp³-hybridized carbons (Fsp3) is 0.0588. The van der Waals surface area contributed by atoms with Crippen molar-refractivity contribution in [2.45, 2.75) is 0 Å². The summed E-state index contributed by atoms with van der Waals surface area (Å²) in [5.41, 5.74) is 1.71. The predicted octanol–water partition coefficient (Wildman–Crippen LogP) is 3.61. The number of ether oxygens (including phenoxy) is 1. The summed E-state index contributed by atoms with van der Waals surface area (Å²) in [5.74, 6) is 0.323. The van der Waals surface area contributed by atoms with Gasteiger partial charge in [0.25, 0.3) is 5.91 Å². The smallest absolute Gasteiger partial charge is 0.281 e. The minimum Gasteiger partial charge on any atom is -0.495 e. The first-order chi connectivity index (χ1) is 11.1. The summed E-state index contributed by atoms with van der Waals surface area (Å²) in [6, 6.07) is 14.5. The van der Waals surface area contributed by atoms with E-state index in [0.29, 0.717) is 27.3 Å². The van der Waals surface area contributed by atoms with Gasteiger partial charge in [-0.25, -0.2) is 4.90 Å². The first-order valence-electron chi connectivity index (χ1n) is 6.86. The van der Waals surface area contributed by atoms with E-state index < -0.39 is 0 Å². The van der Waals surface area contributed by atoms with E-state index in [4.69, 9.17) is 28.6 Å². The molecule has 0 radical (unpaired) electrons. The van der Waals surface area contributed by atoms with Gasteiger partial charge in [0.15, 0.2) is 5.11 Å². The molecule has 2 aromatic carbocycles. The third-order valence-electron chi connectivity index (χ3n) is 3.41. The molecule has 1 N–H and O–H groups in total. The molecular formula is C17H13ClN2O2S. The quantitative estimate of drug-likeness (QED) is 0.682. The maximum Gasteiger partial charge on any atom is 0.281 e. The Hall–Kier alpha value is -2.37. The monoisotopic (exact) mass is 344 g/mol. The predicted molar refractivity (Wildman–Crippen MR) is 95.6 cm³/mol. The largest absolute Gasteiger partial charge is 0.495 e. The first kappa shape index (κ1) is 15.5. The normalized spacial score (nSPS) is 15.9. The number of carbonyl (C=O) groups is 1. The molecule has 1 aliphatic heterocycles. The zero-order valence-electron chi connectivity index (χ0n) is 12.2. The number of halogens is 1. The molecule has 0 atom stereocenters. The number of carbonyl (C=O) groups excluding carboxylic acids is 1. The van der Waals surface area contributed by atoms with Crippen molar-refractivity contribution in [3.8, 4) is 5.75 Å². The molecule has 3 rings (SSSR count). The Morgan fingerprint density at radius 1 is 1.17 bits per heavy atom. The molecule has 1 saturated heterocycles. The van der Waals surface area contributed by atoms with E-state index >= 15 is 0 Å². The summed E-state index contributed by atoms with van der Waals surface area (Å²) in [4.78, 5) is 14.1.